The normalized spacial score (nSPS) is 14.7. The van der Waals surface area contributed by atoms with Crippen LogP contribution in [-0.2, 0) is 4.79 Å². The molecule has 156 valence electrons. The molecule has 0 saturated carbocycles. The first-order chi connectivity index (χ1) is 13.8. The number of nitrogens with zero attached hydrogens (tertiary/aromatic N) is 4. The van der Waals surface area contributed by atoms with Gasteiger partial charge in [0, 0.05) is 38.2 Å². The SMILES string of the molecule is COc1ccc(OC)c(-c2ccc(N3CCN(C(=O)CC(C)(C)C)CC3)nn2)c1. The number of piperazine rings is 1. The van der Waals surface area contributed by atoms with Crippen molar-refractivity contribution >= 4 is 11.7 Å². The summed E-state index contributed by atoms with van der Waals surface area (Å²) in [5.41, 5.74) is 1.57. The monoisotopic (exact) mass is 398 g/mol. The van der Waals surface area contributed by atoms with Gasteiger partial charge in [-0.1, -0.05) is 20.8 Å². The molecule has 0 N–H and O–H groups in total. The fourth-order valence-corrected chi connectivity index (χ4v) is 3.40. The fraction of sp³-hybridized carbons (Fsp3) is 0.500. The number of carbonyl (C=O) groups excluding carboxylic acids is 1. The van der Waals surface area contributed by atoms with Crippen LogP contribution in [0.2, 0.25) is 0 Å². The number of amides is 1. The molecule has 1 amide bonds. The second-order valence-corrected chi connectivity index (χ2v) is 8.45. The maximum absolute atomic E-state index is 12.4. The Balaban J connectivity index is 1.67. The molecular formula is C22H30N4O3. The summed E-state index contributed by atoms with van der Waals surface area (Å²) in [5, 5.41) is 8.82. The summed E-state index contributed by atoms with van der Waals surface area (Å²) >= 11 is 0. The van der Waals surface area contributed by atoms with Crippen molar-refractivity contribution in [3.8, 4) is 22.8 Å². The number of aromatic nitrogens is 2. The minimum absolute atomic E-state index is 0.0106. The minimum Gasteiger partial charge on any atom is -0.497 e. The van der Waals surface area contributed by atoms with Crippen LogP contribution in [0.15, 0.2) is 30.3 Å². The van der Waals surface area contributed by atoms with Crippen LogP contribution in [-0.4, -0.2) is 61.4 Å². The first-order valence-electron chi connectivity index (χ1n) is 9.89. The number of benzene rings is 1. The largest absolute Gasteiger partial charge is 0.497 e. The van der Waals surface area contributed by atoms with E-state index in [4.69, 9.17) is 9.47 Å². The fourth-order valence-electron chi connectivity index (χ4n) is 3.40. The predicted molar refractivity (Wildman–Crippen MR) is 113 cm³/mol. The number of carbonyl (C=O) groups is 1. The number of hydrogen-bond acceptors (Lipinski definition) is 6. The lowest BCUT2D eigenvalue weighted by atomic mass is 9.91. The highest BCUT2D eigenvalue weighted by atomic mass is 16.5. The summed E-state index contributed by atoms with van der Waals surface area (Å²) in [5.74, 6) is 2.50. The van der Waals surface area contributed by atoms with Crippen LogP contribution in [0, 0.1) is 5.41 Å². The molecular weight excluding hydrogens is 368 g/mol. The molecule has 1 aliphatic heterocycles. The van der Waals surface area contributed by atoms with Gasteiger partial charge < -0.3 is 19.3 Å². The highest BCUT2D eigenvalue weighted by Gasteiger charge is 2.25. The molecule has 29 heavy (non-hydrogen) atoms. The van der Waals surface area contributed by atoms with Crippen molar-refractivity contribution in [2.45, 2.75) is 27.2 Å². The van der Waals surface area contributed by atoms with E-state index in [2.05, 4.69) is 35.9 Å². The number of anilines is 1. The van der Waals surface area contributed by atoms with E-state index in [1.165, 1.54) is 0 Å². The number of ether oxygens (including phenoxy) is 2. The van der Waals surface area contributed by atoms with Gasteiger partial charge in [-0.05, 0) is 35.7 Å². The molecule has 0 atom stereocenters. The average molecular weight is 399 g/mol. The molecule has 1 fully saturated rings. The maximum atomic E-state index is 12.4. The second kappa shape index (κ2) is 8.68. The molecule has 3 rings (SSSR count). The molecule has 0 radical (unpaired) electrons. The molecule has 1 aliphatic rings. The third-order valence-corrected chi connectivity index (χ3v) is 4.97. The topological polar surface area (TPSA) is 67.8 Å². The summed E-state index contributed by atoms with van der Waals surface area (Å²) in [6.45, 7) is 9.21. The van der Waals surface area contributed by atoms with Crippen LogP contribution in [0.25, 0.3) is 11.3 Å². The Bertz CT molecular complexity index is 838. The molecule has 7 heteroatoms. The summed E-state index contributed by atoms with van der Waals surface area (Å²) in [6.07, 6.45) is 0.573. The third kappa shape index (κ3) is 5.16. The lowest BCUT2D eigenvalue weighted by Gasteiger charge is -2.36. The Morgan fingerprint density at radius 1 is 1.00 bits per heavy atom. The van der Waals surface area contributed by atoms with Gasteiger partial charge in [0.15, 0.2) is 5.82 Å². The first-order valence-corrected chi connectivity index (χ1v) is 9.89. The van der Waals surface area contributed by atoms with Gasteiger partial charge in [-0.3, -0.25) is 4.79 Å². The summed E-state index contributed by atoms with van der Waals surface area (Å²) in [6, 6.07) is 9.51. The van der Waals surface area contributed by atoms with Crippen LogP contribution < -0.4 is 14.4 Å². The molecule has 2 aromatic rings. The van der Waals surface area contributed by atoms with E-state index in [0.717, 1.165) is 41.7 Å². The molecule has 1 saturated heterocycles. The summed E-state index contributed by atoms with van der Waals surface area (Å²) < 4.78 is 10.8. The van der Waals surface area contributed by atoms with Crippen LogP contribution in [0.3, 0.4) is 0 Å². The van der Waals surface area contributed by atoms with E-state index in [-0.39, 0.29) is 11.3 Å². The molecule has 1 aromatic heterocycles. The van der Waals surface area contributed by atoms with E-state index in [0.29, 0.717) is 19.5 Å². The van der Waals surface area contributed by atoms with Gasteiger partial charge >= 0.3 is 0 Å². The van der Waals surface area contributed by atoms with Crippen LogP contribution in [0.1, 0.15) is 27.2 Å². The zero-order valence-electron chi connectivity index (χ0n) is 17.9. The maximum Gasteiger partial charge on any atom is 0.223 e. The Labute approximate surface area is 172 Å². The lowest BCUT2D eigenvalue weighted by Crippen LogP contribution is -2.49. The van der Waals surface area contributed by atoms with E-state index in [9.17, 15) is 4.79 Å². The molecule has 0 aliphatic carbocycles. The van der Waals surface area contributed by atoms with Crippen molar-refractivity contribution in [3.05, 3.63) is 30.3 Å². The highest BCUT2D eigenvalue weighted by Crippen LogP contribution is 2.32. The van der Waals surface area contributed by atoms with Gasteiger partial charge in [0.25, 0.3) is 0 Å². The Kier molecular flexibility index (Phi) is 6.25. The van der Waals surface area contributed by atoms with Gasteiger partial charge in [-0.2, -0.15) is 0 Å². The molecule has 0 spiro atoms. The minimum atomic E-state index is 0.0106. The zero-order chi connectivity index (χ0) is 21.0. The third-order valence-electron chi connectivity index (χ3n) is 4.97. The van der Waals surface area contributed by atoms with E-state index >= 15 is 0 Å². The highest BCUT2D eigenvalue weighted by molar-refractivity contribution is 5.77. The number of rotatable bonds is 5. The molecule has 0 bridgehead atoms. The van der Waals surface area contributed by atoms with Crippen molar-refractivity contribution in [3.63, 3.8) is 0 Å². The zero-order valence-corrected chi connectivity index (χ0v) is 17.9. The van der Waals surface area contributed by atoms with Crippen molar-refractivity contribution in [2.75, 3.05) is 45.3 Å². The predicted octanol–water partition coefficient (Wildman–Crippen LogP) is 3.25. The average Bonchev–Trinajstić information content (AvgIpc) is 2.72. The van der Waals surface area contributed by atoms with Crippen molar-refractivity contribution < 1.29 is 14.3 Å². The molecule has 7 nitrogen and oxygen atoms in total. The summed E-state index contributed by atoms with van der Waals surface area (Å²) in [4.78, 5) is 16.5. The first kappa shape index (κ1) is 20.9. The van der Waals surface area contributed by atoms with Crippen LogP contribution in [0.5, 0.6) is 11.5 Å². The second-order valence-electron chi connectivity index (χ2n) is 8.45. The smallest absolute Gasteiger partial charge is 0.223 e. The van der Waals surface area contributed by atoms with Crippen LogP contribution >= 0.6 is 0 Å². The van der Waals surface area contributed by atoms with E-state index in [1.807, 2.05) is 35.2 Å². The van der Waals surface area contributed by atoms with Gasteiger partial charge in [-0.15, -0.1) is 10.2 Å². The summed E-state index contributed by atoms with van der Waals surface area (Å²) in [7, 11) is 3.26. The van der Waals surface area contributed by atoms with Crippen molar-refractivity contribution in [2.24, 2.45) is 5.41 Å². The Hall–Kier alpha value is -2.83. The van der Waals surface area contributed by atoms with E-state index < -0.39 is 0 Å². The van der Waals surface area contributed by atoms with Gasteiger partial charge in [-0.25, -0.2) is 0 Å². The number of hydrogen-bond donors (Lipinski definition) is 0. The molecule has 2 heterocycles. The van der Waals surface area contributed by atoms with Crippen molar-refractivity contribution in [1.82, 2.24) is 15.1 Å². The Morgan fingerprint density at radius 3 is 2.28 bits per heavy atom. The van der Waals surface area contributed by atoms with E-state index in [1.54, 1.807) is 14.2 Å². The van der Waals surface area contributed by atoms with Gasteiger partial charge in [0.05, 0.1) is 19.9 Å². The van der Waals surface area contributed by atoms with Gasteiger partial charge in [0.1, 0.15) is 11.5 Å². The molecule has 0 unspecified atom stereocenters. The molecule has 1 aromatic carbocycles. The standard InChI is InChI=1S/C22H30N4O3/c1-22(2,3)15-21(27)26-12-10-25(11-13-26)20-9-7-18(23-24-20)17-14-16(28-4)6-8-19(17)29-5/h6-9,14H,10-13,15H2,1-5H3. The van der Waals surface area contributed by atoms with Crippen molar-refractivity contribution in [1.29, 1.82) is 0 Å². The lowest BCUT2D eigenvalue weighted by molar-refractivity contribution is -0.133. The van der Waals surface area contributed by atoms with Crippen LogP contribution in [0.4, 0.5) is 5.82 Å². The Morgan fingerprint density at radius 2 is 1.72 bits per heavy atom. The number of methoxy groups -OCH3 is 2. The van der Waals surface area contributed by atoms with Gasteiger partial charge in [0.2, 0.25) is 5.91 Å². The quantitative estimate of drug-likeness (QED) is 0.770.